The van der Waals surface area contributed by atoms with E-state index in [0.717, 1.165) is 31.4 Å². The van der Waals surface area contributed by atoms with Gasteiger partial charge >= 0.3 is 0 Å². The van der Waals surface area contributed by atoms with E-state index in [-0.39, 0.29) is 24.3 Å². The molecule has 1 fully saturated rings. The third kappa shape index (κ3) is 3.72. The van der Waals surface area contributed by atoms with Crippen LogP contribution in [0.15, 0.2) is 48.5 Å². The highest BCUT2D eigenvalue weighted by molar-refractivity contribution is 6.00. The first kappa shape index (κ1) is 16.6. The second-order valence-electron chi connectivity index (χ2n) is 6.87. The van der Waals surface area contributed by atoms with E-state index in [1.807, 2.05) is 36.4 Å². The van der Waals surface area contributed by atoms with Crippen LogP contribution in [0.3, 0.4) is 0 Å². The van der Waals surface area contributed by atoms with Crippen LogP contribution in [0.4, 0.5) is 11.4 Å². The van der Waals surface area contributed by atoms with Gasteiger partial charge in [-0.1, -0.05) is 30.3 Å². The van der Waals surface area contributed by atoms with Crippen molar-refractivity contribution in [3.05, 3.63) is 54.1 Å². The summed E-state index contributed by atoms with van der Waals surface area (Å²) in [6.45, 7) is 0.691. The summed E-state index contributed by atoms with van der Waals surface area (Å²) >= 11 is 0. The molecule has 2 aromatic carbocycles. The molecule has 5 heteroatoms. The van der Waals surface area contributed by atoms with Crippen LogP contribution in [0.5, 0.6) is 5.75 Å². The van der Waals surface area contributed by atoms with Gasteiger partial charge in [-0.2, -0.15) is 0 Å². The fraction of sp³-hybridized carbons (Fsp3) is 0.333. The Bertz CT molecular complexity index is 815. The van der Waals surface area contributed by atoms with Crippen molar-refractivity contribution in [2.45, 2.75) is 25.7 Å². The molecule has 0 spiro atoms. The van der Waals surface area contributed by atoms with E-state index in [2.05, 4.69) is 17.4 Å². The highest BCUT2D eigenvalue weighted by atomic mass is 16.5. The minimum Gasteiger partial charge on any atom is -0.482 e. The highest BCUT2D eigenvalue weighted by Crippen LogP contribution is 2.36. The molecule has 5 nitrogen and oxygen atoms in total. The number of anilines is 2. The van der Waals surface area contributed by atoms with E-state index in [9.17, 15) is 9.59 Å². The second-order valence-corrected chi connectivity index (χ2v) is 6.87. The SMILES string of the molecule is O=C(Nc1ccc2c(c1)N(CCCc1ccccc1)C(=O)CO2)C1CC1. The number of aryl methyl sites for hydroxylation is 1. The first-order valence-electron chi connectivity index (χ1n) is 9.13. The average molecular weight is 350 g/mol. The van der Waals surface area contributed by atoms with Gasteiger partial charge in [0.2, 0.25) is 5.91 Å². The average Bonchev–Trinajstić information content (AvgIpc) is 3.50. The fourth-order valence-corrected chi connectivity index (χ4v) is 3.20. The van der Waals surface area contributed by atoms with Gasteiger partial charge in [-0.25, -0.2) is 0 Å². The first-order chi connectivity index (χ1) is 12.7. The molecule has 1 saturated carbocycles. The predicted molar refractivity (Wildman–Crippen MR) is 100 cm³/mol. The Kier molecular flexibility index (Phi) is 4.61. The van der Waals surface area contributed by atoms with Gasteiger partial charge in [0, 0.05) is 18.2 Å². The van der Waals surface area contributed by atoms with Gasteiger partial charge < -0.3 is 15.0 Å². The molecule has 0 aromatic heterocycles. The summed E-state index contributed by atoms with van der Waals surface area (Å²) in [5.41, 5.74) is 2.72. The highest BCUT2D eigenvalue weighted by Gasteiger charge is 2.30. The molecule has 2 amide bonds. The molecule has 4 rings (SSSR count). The smallest absolute Gasteiger partial charge is 0.265 e. The van der Waals surface area contributed by atoms with Crippen LogP contribution in [-0.4, -0.2) is 25.0 Å². The van der Waals surface area contributed by atoms with Crippen LogP contribution >= 0.6 is 0 Å². The maximum absolute atomic E-state index is 12.4. The summed E-state index contributed by atoms with van der Waals surface area (Å²) in [7, 11) is 0. The Labute approximate surface area is 153 Å². The van der Waals surface area contributed by atoms with Crippen LogP contribution in [0.25, 0.3) is 0 Å². The molecule has 0 unspecified atom stereocenters. The van der Waals surface area contributed by atoms with E-state index in [4.69, 9.17) is 4.74 Å². The lowest BCUT2D eigenvalue weighted by molar-refractivity contribution is -0.121. The van der Waals surface area contributed by atoms with E-state index in [1.54, 1.807) is 4.90 Å². The summed E-state index contributed by atoms with van der Waals surface area (Å²) in [6, 6.07) is 15.8. The molecule has 1 aliphatic heterocycles. The first-order valence-corrected chi connectivity index (χ1v) is 9.13. The maximum Gasteiger partial charge on any atom is 0.265 e. The molecule has 1 aliphatic carbocycles. The zero-order valence-corrected chi connectivity index (χ0v) is 14.6. The molecular formula is C21H22N2O3. The zero-order chi connectivity index (χ0) is 17.9. The predicted octanol–water partition coefficient (Wildman–Crippen LogP) is 3.39. The molecule has 0 saturated heterocycles. The molecule has 2 aromatic rings. The lowest BCUT2D eigenvalue weighted by Gasteiger charge is -2.30. The lowest BCUT2D eigenvalue weighted by atomic mass is 10.1. The van der Waals surface area contributed by atoms with E-state index < -0.39 is 0 Å². The third-order valence-corrected chi connectivity index (χ3v) is 4.81. The number of nitrogens with one attached hydrogen (secondary N) is 1. The molecule has 0 atom stereocenters. The van der Waals surface area contributed by atoms with Crippen LogP contribution in [-0.2, 0) is 16.0 Å². The van der Waals surface area contributed by atoms with Crippen molar-refractivity contribution in [1.29, 1.82) is 0 Å². The molecule has 134 valence electrons. The molecule has 1 heterocycles. The number of fused-ring (bicyclic) bond motifs is 1. The van der Waals surface area contributed by atoms with E-state index in [1.165, 1.54) is 5.56 Å². The summed E-state index contributed by atoms with van der Waals surface area (Å²) in [5.74, 6) is 0.847. The molecule has 26 heavy (non-hydrogen) atoms. The quantitative estimate of drug-likeness (QED) is 0.869. The van der Waals surface area contributed by atoms with E-state index >= 15 is 0 Å². The summed E-state index contributed by atoms with van der Waals surface area (Å²) < 4.78 is 5.55. The largest absolute Gasteiger partial charge is 0.482 e. The van der Waals surface area contributed by atoms with Gasteiger partial charge in [0.1, 0.15) is 5.75 Å². The Morgan fingerprint density at radius 1 is 1.15 bits per heavy atom. The van der Waals surface area contributed by atoms with Crippen LogP contribution < -0.4 is 15.0 Å². The van der Waals surface area contributed by atoms with Crippen molar-refractivity contribution in [2.24, 2.45) is 5.92 Å². The number of amides is 2. The topological polar surface area (TPSA) is 58.6 Å². The number of hydrogen-bond acceptors (Lipinski definition) is 3. The van der Waals surface area contributed by atoms with Crippen LogP contribution in [0, 0.1) is 5.92 Å². The van der Waals surface area contributed by atoms with Crippen LogP contribution in [0.2, 0.25) is 0 Å². The van der Waals surface area contributed by atoms with Gasteiger partial charge in [-0.3, -0.25) is 9.59 Å². The molecule has 0 radical (unpaired) electrons. The zero-order valence-electron chi connectivity index (χ0n) is 14.6. The fourth-order valence-electron chi connectivity index (χ4n) is 3.20. The van der Waals surface area contributed by atoms with Crippen molar-refractivity contribution < 1.29 is 14.3 Å². The number of ether oxygens (including phenoxy) is 1. The number of hydrogen-bond donors (Lipinski definition) is 1. The van der Waals surface area contributed by atoms with Crippen molar-refractivity contribution >= 4 is 23.2 Å². The number of benzene rings is 2. The van der Waals surface area contributed by atoms with Gasteiger partial charge in [0.15, 0.2) is 6.61 Å². The lowest BCUT2D eigenvalue weighted by Crippen LogP contribution is -2.39. The van der Waals surface area contributed by atoms with Crippen LogP contribution in [0.1, 0.15) is 24.8 Å². The summed E-state index contributed by atoms with van der Waals surface area (Å²) in [5, 5.41) is 2.94. The Morgan fingerprint density at radius 3 is 2.73 bits per heavy atom. The molecular weight excluding hydrogens is 328 g/mol. The Balaban J connectivity index is 1.46. The Hall–Kier alpha value is -2.82. The second kappa shape index (κ2) is 7.20. The minimum absolute atomic E-state index is 0.0452. The normalized spacial score (nSPS) is 16.0. The molecule has 2 aliphatic rings. The maximum atomic E-state index is 12.4. The number of nitrogens with zero attached hydrogens (tertiary/aromatic N) is 1. The minimum atomic E-state index is -0.0452. The molecule has 1 N–H and O–H groups in total. The van der Waals surface area contributed by atoms with Gasteiger partial charge in [-0.05, 0) is 49.4 Å². The third-order valence-electron chi connectivity index (χ3n) is 4.81. The molecule has 0 bridgehead atoms. The standard InChI is InChI=1S/C21H22N2O3/c24-20-14-26-19-11-10-17(22-21(25)16-8-9-16)13-18(19)23(20)12-4-7-15-5-2-1-3-6-15/h1-3,5-6,10-11,13,16H,4,7-9,12,14H2,(H,22,25). The Morgan fingerprint density at radius 2 is 1.96 bits per heavy atom. The van der Waals surface area contributed by atoms with Crippen molar-refractivity contribution in [1.82, 2.24) is 0 Å². The summed E-state index contributed by atoms with van der Waals surface area (Å²) in [6.07, 6.45) is 3.71. The van der Waals surface area contributed by atoms with Crippen molar-refractivity contribution in [3.63, 3.8) is 0 Å². The van der Waals surface area contributed by atoms with Crippen molar-refractivity contribution in [3.8, 4) is 5.75 Å². The van der Waals surface area contributed by atoms with Gasteiger partial charge in [0.25, 0.3) is 5.91 Å². The number of carbonyl (C=O) groups excluding carboxylic acids is 2. The van der Waals surface area contributed by atoms with Gasteiger partial charge in [-0.15, -0.1) is 0 Å². The van der Waals surface area contributed by atoms with Crippen molar-refractivity contribution in [2.75, 3.05) is 23.4 Å². The number of rotatable bonds is 6. The monoisotopic (exact) mass is 350 g/mol. The summed E-state index contributed by atoms with van der Waals surface area (Å²) in [4.78, 5) is 26.1. The van der Waals surface area contributed by atoms with Gasteiger partial charge in [0.05, 0.1) is 5.69 Å². The number of carbonyl (C=O) groups is 2. The van der Waals surface area contributed by atoms with E-state index in [0.29, 0.717) is 18.0 Å².